The maximum absolute atomic E-state index is 12.8. The SMILES string of the molecule is COP(=S)(OC)Oc1cc(C(F)(F)F)nc(N(C)C)n1. The van der Waals surface area contributed by atoms with E-state index in [-0.39, 0.29) is 11.8 Å². The summed E-state index contributed by atoms with van der Waals surface area (Å²) >= 11 is 4.92. The van der Waals surface area contributed by atoms with Crippen molar-refractivity contribution in [1.29, 1.82) is 0 Å². The normalized spacial score (nSPS) is 12.3. The zero-order valence-electron chi connectivity index (χ0n) is 11.1. The lowest BCUT2D eigenvalue weighted by atomic mass is 10.4. The van der Waals surface area contributed by atoms with Crippen LogP contribution in [0.2, 0.25) is 0 Å². The van der Waals surface area contributed by atoms with Gasteiger partial charge in [-0.1, -0.05) is 0 Å². The number of alkyl halides is 3. The van der Waals surface area contributed by atoms with Gasteiger partial charge in [-0.25, -0.2) is 4.98 Å². The van der Waals surface area contributed by atoms with Crippen LogP contribution in [0, 0.1) is 0 Å². The van der Waals surface area contributed by atoms with Crippen molar-refractivity contribution in [3.05, 3.63) is 11.8 Å². The molecule has 0 aliphatic carbocycles. The van der Waals surface area contributed by atoms with Crippen LogP contribution in [0.4, 0.5) is 19.1 Å². The number of nitrogens with zero attached hydrogens (tertiary/aromatic N) is 3. The Morgan fingerprint density at radius 2 is 1.75 bits per heavy atom. The molecule has 0 atom stereocenters. The molecule has 0 aliphatic heterocycles. The summed E-state index contributed by atoms with van der Waals surface area (Å²) in [6.07, 6.45) is -4.63. The summed E-state index contributed by atoms with van der Waals surface area (Å²) in [5.41, 5.74) is -1.14. The number of hydrogen-bond donors (Lipinski definition) is 0. The minimum absolute atomic E-state index is 0.163. The van der Waals surface area contributed by atoms with Crippen LogP contribution in [-0.2, 0) is 27.0 Å². The van der Waals surface area contributed by atoms with E-state index >= 15 is 0 Å². The van der Waals surface area contributed by atoms with Gasteiger partial charge >= 0.3 is 12.9 Å². The number of aromatic nitrogens is 2. The first-order valence-electron chi connectivity index (χ1n) is 5.16. The van der Waals surface area contributed by atoms with Gasteiger partial charge in [0, 0.05) is 46.2 Å². The molecule has 1 aromatic rings. The molecule has 0 radical (unpaired) electrons. The summed E-state index contributed by atoms with van der Waals surface area (Å²) in [6.45, 7) is -3.17. The minimum atomic E-state index is -4.63. The lowest BCUT2D eigenvalue weighted by Crippen LogP contribution is -2.17. The van der Waals surface area contributed by atoms with Gasteiger partial charge < -0.3 is 18.5 Å². The van der Waals surface area contributed by atoms with Gasteiger partial charge in [-0.3, -0.25) is 0 Å². The number of rotatable bonds is 5. The van der Waals surface area contributed by atoms with E-state index in [1.165, 1.54) is 33.2 Å². The van der Waals surface area contributed by atoms with Gasteiger partial charge in [-0.05, 0) is 0 Å². The third kappa shape index (κ3) is 4.27. The van der Waals surface area contributed by atoms with Gasteiger partial charge in [0.1, 0.15) is 0 Å². The third-order valence-corrected chi connectivity index (χ3v) is 4.46. The molecule has 0 unspecified atom stereocenters. The second kappa shape index (κ2) is 6.21. The van der Waals surface area contributed by atoms with Crippen molar-refractivity contribution in [3.63, 3.8) is 0 Å². The van der Waals surface area contributed by atoms with Crippen LogP contribution >= 0.6 is 6.72 Å². The van der Waals surface area contributed by atoms with E-state index in [1.54, 1.807) is 0 Å². The van der Waals surface area contributed by atoms with Crippen LogP contribution in [-0.4, -0.2) is 38.3 Å². The molecule has 0 aliphatic rings. The average molecular weight is 331 g/mol. The molecule has 0 bridgehead atoms. The molecule has 1 heterocycles. The van der Waals surface area contributed by atoms with Crippen LogP contribution in [0.15, 0.2) is 6.07 Å². The monoisotopic (exact) mass is 331 g/mol. The highest BCUT2D eigenvalue weighted by molar-refractivity contribution is 8.07. The molecule has 1 rings (SSSR count). The highest BCUT2D eigenvalue weighted by Crippen LogP contribution is 2.48. The summed E-state index contributed by atoms with van der Waals surface area (Å²) in [5, 5.41) is 0. The average Bonchev–Trinajstić information content (AvgIpc) is 2.37. The van der Waals surface area contributed by atoms with Crippen molar-refractivity contribution in [2.45, 2.75) is 6.18 Å². The number of anilines is 1. The summed E-state index contributed by atoms with van der Waals surface area (Å²) in [6, 6.07) is 0.645. The molecule has 0 saturated carbocycles. The molecule has 0 fully saturated rings. The highest BCUT2D eigenvalue weighted by atomic mass is 32.5. The van der Waals surface area contributed by atoms with E-state index in [0.717, 1.165) is 0 Å². The molecule has 11 heteroatoms. The van der Waals surface area contributed by atoms with Crippen molar-refractivity contribution in [2.24, 2.45) is 0 Å². The van der Waals surface area contributed by atoms with Gasteiger partial charge in [-0.2, -0.15) is 18.2 Å². The summed E-state index contributed by atoms with van der Waals surface area (Å²) in [5.74, 6) is -0.522. The molecule has 6 nitrogen and oxygen atoms in total. The Morgan fingerprint density at radius 1 is 1.20 bits per heavy atom. The fourth-order valence-corrected chi connectivity index (χ4v) is 1.92. The predicted octanol–water partition coefficient (Wildman–Crippen LogP) is 2.46. The Hall–Kier alpha value is -0.960. The molecular formula is C9H13F3N3O3PS. The smallest absolute Gasteiger partial charge is 0.405 e. The van der Waals surface area contributed by atoms with Crippen molar-refractivity contribution in [3.8, 4) is 5.88 Å². The Bertz CT molecular complexity index is 519. The molecular weight excluding hydrogens is 318 g/mol. The van der Waals surface area contributed by atoms with Crippen molar-refractivity contribution < 1.29 is 26.7 Å². The predicted molar refractivity (Wildman–Crippen MR) is 70.3 cm³/mol. The van der Waals surface area contributed by atoms with Gasteiger partial charge in [0.25, 0.3) is 0 Å². The molecule has 114 valence electrons. The van der Waals surface area contributed by atoms with E-state index in [9.17, 15) is 13.2 Å². The van der Waals surface area contributed by atoms with Gasteiger partial charge in [0.2, 0.25) is 11.8 Å². The molecule has 0 amide bonds. The fourth-order valence-electron chi connectivity index (χ4n) is 1.07. The van der Waals surface area contributed by atoms with Crippen LogP contribution in [0.25, 0.3) is 0 Å². The van der Waals surface area contributed by atoms with Gasteiger partial charge in [0.15, 0.2) is 5.69 Å². The zero-order valence-corrected chi connectivity index (χ0v) is 12.8. The third-order valence-electron chi connectivity index (χ3n) is 2.03. The van der Waals surface area contributed by atoms with E-state index in [2.05, 4.69) is 9.97 Å². The molecule has 0 aromatic carbocycles. The van der Waals surface area contributed by atoms with Crippen molar-refractivity contribution in [1.82, 2.24) is 9.97 Å². The first kappa shape index (κ1) is 17.1. The lowest BCUT2D eigenvalue weighted by molar-refractivity contribution is -0.141. The van der Waals surface area contributed by atoms with Crippen LogP contribution in [0.5, 0.6) is 5.88 Å². The van der Waals surface area contributed by atoms with Crippen LogP contribution in [0.3, 0.4) is 0 Å². The fraction of sp³-hybridized carbons (Fsp3) is 0.556. The summed E-state index contributed by atoms with van der Waals surface area (Å²) < 4.78 is 53.1. The van der Waals surface area contributed by atoms with Crippen molar-refractivity contribution >= 4 is 24.5 Å². The Balaban J connectivity index is 3.26. The van der Waals surface area contributed by atoms with Gasteiger partial charge in [-0.15, -0.1) is 0 Å². The van der Waals surface area contributed by atoms with E-state index in [0.29, 0.717) is 6.07 Å². The molecule has 0 spiro atoms. The zero-order chi connectivity index (χ0) is 15.6. The number of hydrogen-bond acceptors (Lipinski definition) is 7. The van der Waals surface area contributed by atoms with E-state index in [4.69, 9.17) is 25.4 Å². The van der Waals surface area contributed by atoms with Crippen LogP contribution < -0.4 is 9.42 Å². The second-order valence-electron chi connectivity index (χ2n) is 3.69. The first-order chi connectivity index (χ1) is 9.11. The quantitative estimate of drug-likeness (QED) is 0.768. The van der Waals surface area contributed by atoms with E-state index < -0.39 is 18.6 Å². The maximum atomic E-state index is 12.8. The molecule has 0 saturated heterocycles. The number of halogens is 3. The topological polar surface area (TPSA) is 56.7 Å². The van der Waals surface area contributed by atoms with Crippen LogP contribution in [0.1, 0.15) is 5.69 Å². The summed E-state index contributed by atoms with van der Waals surface area (Å²) in [4.78, 5) is 8.52. The highest BCUT2D eigenvalue weighted by Gasteiger charge is 2.35. The van der Waals surface area contributed by atoms with Crippen molar-refractivity contribution in [2.75, 3.05) is 33.2 Å². The second-order valence-corrected chi connectivity index (χ2v) is 6.84. The Labute approximate surface area is 119 Å². The molecule has 20 heavy (non-hydrogen) atoms. The first-order valence-corrected chi connectivity index (χ1v) is 7.71. The Morgan fingerprint density at radius 3 is 2.15 bits per heavy atom. The van der Waals surface area contributed by atoms with E-state index in [1.807, 2.05) is 0 Å². The maximum Gasteiger partial charge on any atom is 0.433 e. The standard InChI is InChI=1S/C9H13F3N3O3PS/c1-15(2)8-13-6(9(10,11)12)5-7(14-8)18-19(20,16-3)17-4/h5H,1-4H3. The molecule has 1 aromatic heterocycles. The molecule has 0 N–H and O–H groups in total. The van der Waals surface area contributed by atoms with Gasteiger partial charge in [0.05, 0.1) is 0 Å². The minimum Gasteiger partial charge on any atom is -0.405 e. The lowest BCUT2D eigenvalue weighted by Gasteiger charge is -2.19. The summed E-state index contributed by atoms with van der Waals surface area (Å²) in [7, 11) is 5.48. The largest absolute Gasteiger partial charge is 0.433 e. The Kier molecular flexibility index (Phi) is 5.31.